The van der Waals surface area contributed by atoms with Crippen molar-refractivity contribution in [2.75, 3.05) is 11.9 Å². The maximum atomic E-state index is 11.7. The molecule has 0 aliphatic heterocycles. The molecule has 0 saturated carbocycles. The first-order chi connectivity index (χ1) is 9.06. The number of amides is 1. The van der Waals surface area contributed by atoms with Crippen LogP contribution in [0, 0.1) is 6.92 Å². The molecule has 100 valence electrons. The average Bonchev–Trinajstić information content (AvgIpc) is 2.76. The van der Waals surface area contributed by atoms with Crippen molar-refractivity contribution in [3.63, 3.8) is 0 Å². The number of rotatable bonds is 4. The number of halogens is 2. The summed E-state index contributed by atoms with van der Waals surface area (Å²) in [6.45, 7) is 1.66. The molecular formula is C12H11Cl2N3O2. The molecule has 0 spiro atoms. The second-order valence-electron chi connectivity index (χ2n) is 3.84. The molecule has 1 amide bonds. The van der Waals surface area contributed by atoms with Gasteiger partial charge in [0.15, 0.2) is 6.61 Å². The van der Waals surface area contributed by atoms with E-state index in [4.69, 9.17) is 27.9 Å². The van der Waals surface area contributed by atoms with Crippen LogP contribution in [-0.4, -0.2) is 22.7 Å². The van der Waals surface area contributed by atoms with E-state index in [0.29, 0.717) is 21.6 Å². The maximum absolute atomic E-state index is 11.7. The molecule has 0 fully saturated rings. The fraction of sp³-hybridized carbons (Fsp3) is 0.167. The van der Waals surface area contributed by atoms with E-state index in [1.165, 1.54) is 0 Å². The van der Waals surface area contributed by atoms with Gasteiger partial charge in [-0.2, -0.15) is 5.10 Å². The van der Waals surface area contributed by atoms with Crippen molar-refractivity contribution in [2.45, 2.75) is 6.92 Å². The van der Waals surface area contributed by atoms with Gasteiger partial charge in [-0.05, 0) is 19.1 Å². The van der Waals surface area contributed by atoms with Crippen LogP contribution in [0.1, 0.15) is 5.56 Å². The van der Waals surface area contributed by atoms with E-state index in [0.717, 1.165) is 5.56 Å². The highest BCUT2D eigenvalue weighted by molar-refractivity contribution is 6.34. The van der Waals surface area contributed by atoms with Crippen LogP contribution < -0.4 is 10.1 Å². The molecule has 0 aliphatic rings. The number of carbonyl (C=O) groups excluding carboxylic acids is 1. The van der Waals surface area contributed by atoms with Crippen LogP contribution in [0.5, 0.6) is 5.75 Å². The molecule has 1 aromatic heterocycles. The van der Waals surface area contributed by atoms with E-state index in [1.807, 2.05) is 6.92 Å². The minimum Gasteiger partial charge on any atom is -0.482 e. The minimum atomic E-state index is -0.316. The number of ether oxygens (including phenoxy) is 1. The normalized spacial score (nSPS) is 10.3. The van der Waals surface area contributed by atoms with Crippen LogP contribution >= 0.6 is 23.2 Å². The van der Waals surface area contributed by atoms with Crippen LogP contribution in [-0.2, 0) is 4.79 Å². The molecule has 2 N–H and O–H groups in total. The lowest BCUT2D eigenvalue weighted by Gasteiger charge is -2.08. The Morgan fingerprint density at radius 1 is 1.47 bits per heavy atom. The Labute approximate surface area is 119 Å². The monoisotopic (exact) mass is 299 g/mol. The van der Waals surface area contributed by atoms with Crippen molar-refractivity contribution in [3.8, 4) is 5.75 Å². The summed E-state index contributed by atoms with van der Waals surface area (Å²) >= 11 is 11.7. The number of aromatic nitrogens is 2. The zero-order valence-electron chi connectivity index (χ0n) is 10.0. The summed E-state index contributed by atoms with van der Waals surface area (Å²) in [7, 11) is 0. The molecule has 0 atom stereocenters. The number of nitrogens with zero attached hydrogens (tertiary/aromatic N) is 1. The fourth-order valence-electron chi connectivity index (χ4n) is 1.38. The molecule has 2 aromatic rings. The molecular weight excluding hydrogens is 289 g/mol. The van der Waals surface area contributed by atoms with Gasteiger partial charge in [0.1, 0.15) is 11.6 Å². The number of carbonyl (C=O) groups is 1. The zero-order valence-corrected chi connectivity index (χ0v) is 11.5. The van der Waals surface area contributed by atoms with E-state index in [2.05, 4.69) is 15.5 Å². The molecule has 2 rings (SSSR count). The van der Waals surface area contributed by atoms with Crippen LogP contribution in [0.3, 0.4) is 0 Å². The summed E-state index contributed by atoms with van der Waals surface area (Å²) < 4.78 is 5.31. The van der Waals surface area contributed by atoms with Gasteiger partial charge in [-0.1, -0.05) is 23.2 Å². The lowest BCUT2D eigenvalue weighted by atomic mass is 10.3. The van der Waals surface area contributed by atoms with Crippen molar-refractivity contribution in [1.82, 2.24) is 10.2 Å². The molecule has 5 nitrogen and oxygen atoms in total. The van der Waals surface area contributed by atoms with Gasteiger partial charge in [-0.15, -0.1) is 0 Å². The van der Waals surface area contributed by atoms with E-state index in [1.54, 1.807) is 24.4 Å². The lowest BCUT2D eigenvalue weighted by Crippen LogP contribution is -2.20. The van der Waals surface area contributed by atoms with Gasteiger partial charge in [0.05, 0.1) is 11.2 Å². The maximum Gasteiger partial charge on any atom is 0.263 e. The van der Waals surface area contributed by atoms with Crippen molar-refractivity contribution in [1.29, 1.82) is 0 Å². The summed E-state index contributed by atoms with van der Waals surface area (Å²) in [4.78, 5) is 11.7. The fourth-order valence-corrected chi connectivity index (χ4v) is 1.71. The standard InChI is InChI=1S/C12H11Cl2N3O2/c1-7-5-15-17-12(7)16-11(18)6-19-10-4-8(13)2-3-9(10)14/h2-5H,6H2,1H3,(H2,15,16,17,18). The first kappa shape index (κ1) is 13.7. The molecule has 1 heterocycles. The number of benzene rings is 1. The smallest absolute Gasteiger partial charge is 0.263 e. The predicted molar refractivity (Wildman–Crippen MR) is 73.9 cm³/mol. The highest BCUT2D eigenvalue weighted by Crippen LogP contribution is 2.27. The Balaban J connectivity index is 1.93. The van der Waals surface area contributed by atoms with Gasteiger partial charge < -0.3 is 10.1 Å². The first-order valence-electron chi connectivity index (χ1n) is 5.44. The highest BCUT2D eigenvalue weighted by atomic mass is 35.5. The second-order valence-corrected chi connectivity index (χ2v) is 4.68. The summed E-state index contributed by atoms with van der Waals surface area (Å²) in [5.41, 5.74) is 0.842. The van der Waals surface area contributed by atoms with Crippen molar-refractivity contribution in [2.24, 2.45) is 0 Å². The Morgan fingerprint density at radius 3 is 2.95 bits per heavy atom. The van der Waals surface area contributed by atoms with Crippen LogP contribution in [0.15, 0.2) is 24.4 Å². The molecule has 0 radical (unpaired) electrons. The van der Waals surface area contributed by atoms with Gasteiger partial charge >= 0.3 is 0 Å². The summed E-state index contributed by atoms with van der Waals surface area (Å²) in [5, 5.41) is 9.99. The molecule has 0 aliphatic carbocycles. The molecule has 0 saturated heterocycles. The summed E-state index contributed by atoms with van der Waals surface area (Å²) in [5.74, 6) is 0.597. The van der Waals surface area contributed by atoms with E-state index < -0.39 is 0 Å². The summed E-state index contributed by atoms with van der Waals surface area (Å²) in [6.07, 6.45) is 1.62. The topological polar surface area (TPSA) is 67.0 Å². The van der Waals surface area contributed by atoms with Gasteiger partial charge in [-0.25, -0.2) is 0 Å². The predicted octanol–water partition coefficient (Wildman–Crippen LogP) is 3.04. The molecule has 7 heteroatoms. The van der Waals surface area contributed by atoms with Gasteiger partial charge in [0.2, 0.25) is 0 Å². The number of anilines is 1. The van der Waals surface area contributed by atoms with Crippen molar-refractivity contribution in [3.05, 3.63) is 40.0 Å². The molecule has 19 heavy (non-hydrogen) atoms. The number of hydrogen-bond donors (Lipinski definition) is 2. The van der Waals surface area contributed by atoms with Gasteiger partial charge in [0, 0.05) is 16.7 Å². The SMILES string of the molecule is Cc1cn[nH]c1NC(=O)COc1cc(Cl)ccc1Cl. The molecule has 1 aromatic carbocycles. The molecule has 0 bridgehead atoms. The Morgan fingerprint density at radius 2 is 2.26 bits per heavy atom. The number of nitrogens with one attached hydrogen (secondary N) is 2. The zero-order chi connectivity index (χ0) is 13.8. The number of hydrogen-bond acceptors (Lipinski definition) is 3. The summed E-state index contributed by atoms with van der Waals surface area (Å²) in [6, 6.07) is 4.81. The van der Waals surface area contributed by atoms with Crippen LogP contribution in [0.4, 0.5) is 5.82 Å². The third-order valence-electron chi connectivity index (χ3n) is 2.35. The van der Waals surface area contributed by atoms with E-state index >= 15 is 0 Å². The number of aryl methyl sites for hydroxylation is 1. The Bertz CT molecular complexity index is 598. The first-order valence-corrected chi connectivity index (χ1v) is 6.19. The lowest BCUT2D eigenvalue weighted by molar-refractivity contribution is -0.118. The Hall–Kier alpha value is -1.72. The third kappa shape index (κ3) is 3.62. The number of aromatic amines is 1. The van der Waals surface area contributed by atoms with E-state index in [-0.39, 0.29) is 12.5 Å². The number of H-pyrrole nitrogens is 1. The highest BCUT2D eigenvalue weighted by Gasteiger charge is 2.09. The van der Waals surface area contributed by atoms with Crippen molar-refractivity contribution < 1.29 is 9.53 Å². The van der Waals surface area contributed by atoms with E-state index in [9.17, 15) is 4.79 Å². The third-order valence-corrected chi connectivity index (χ3v) is 2.89. The largest absolute Gasteiger partial charge is 0.482 e. The van der Waals surface area contributed by atoms with Crippen LogP contribution in [0.25, 0.3) is 0 Å². The van der Waals surface area contributed by atoms with Gasteiger partial charge in [0.25, 0.3) is 5.91 Å². The second kappa shape index (κ2) is 5.95. The average molecular weight is 300 g/mol. The molecule has 0 unspecified atom stereocenters. The van der Waals surface area contributed by atoms with Crippen molar-refractivity contribution >= 4 is 34.9 Å². The Kier molecular flexibility index (Phi) is 4.29. The van der Waals surface area contributed by atoms with Gasteiger partial charge in [-0.3, -0.25) is 9.89 Å². The minimum absolute atomic E-state index is 0.168. The quantitative estimate of drug-likeness (QED) is 0.912. The van der Waals surface area contributed by atoms with Crippen LogP contribution in [0.2, 0.25) is 10.0 Å².